The normalized spacial score (nSPS) is 10.3. The quantitative estimate of drug-likeness (QED) is 0.877. The Kier molecular flexibility index (Phi) is 4.40. The zero-order valence-corrected chi connectivity index (χ0v) is 11.0. The average Bonchev–Trinajstić information content (AvgIpc) is 2.44. The molecule has 0 aromatic heterocycles. The minimum atomic E-state index is -0.915. The maximum atomic E-state index is 13.1. The van der Waals surface area contributed by atoms with Crippen molar-refractivity contribution in [1.29, 1.82) is 0 Å². The highest BCUT2D eigenvalue weighted by Gasteiger charge is 2.08. The van der Waals surface area contributed by atoms with Crippen molar-refractivity contribution in [2.45, 2.75) is 13.5 Å². The largest absolute Gasteiger partial charge is 0.504 e. The average molecular weight is 279 g/mol. The van der Waals surface area contributed by atoms with E-state index in [-0.39, 0.29) is 12.3 Å². The van der Waals surface area contributed by atoms with Gasteiger partial charge in [0, 0.05) is 23.9 Å². The van der Waals surface area contributed by atoms with Gasteiger partial charge in [0.2, 0.25) is 0 Å². The molecule has 0 saturated heterocycles. The summed E-state index contributed by atoms with van der Waals surface area (Å²) in [6, 6.07) is 8.70. The molecule has 0 atom stereocenters. The molecule has 2 rings (SSSR count). The predicted octanol–water partition coefficient (Wildman–Crippen LogP) is 3.68. The Labute approximate surface area is 115 Å². The van der Waals surface area contributed by atoms with Crippen LogP contribution in [0.25, 0.3) is 0 Å². The number of halogens is 2. The molecule has 106 valence electrons. The van der Waals surface area contributed by atoms with Gasteiger partial charge in [0.05, 0.1) is 6.61 Å². The van der Waals surface area contributed by atoms with Crippen molar-refractivity contribution in [3.8, 4) is 11.5 Å². The van der Waals surface area contributed by atoms with Crippen LogP contribution in [0.5, 0.6) is 11.5 Å². The Morgan fingerprint density at radius 3 is 2.65 bits per heavy atom. The summed E-state index contributed by atoms with van der Waals surface area (Å²) in [4.78, 5) is 0. The number of nitrogens with one attached hydrogen (secondary N) is 1. The number of phenolic OH excluding ortho intramolecular Hbond substituents is 1. The lowest BCUT2D eigenvalue weighted by atomic mass is 10.1. The smallest absolute Gasteiger partial charge is 0.162 e. The minimum absolute atomic E-state index is 0.0458. The van der Waals surface area contributed by atoms with Crippen molar-refractivity contribution in [2.24, 2.45) is 0 Å². The third-order valence-corrected chi connectivity index (χ3v) is 2.78. The van der Waals surface area contributed by atoms with Crippen molar-refractivity contribution in [1.82, 2.24) is 0 Å². The number of para-hydroxylation sites is 1. The molecule has 2 aromatic rings. The van der Waals surface area contributed by atoms with E-state index in [9.17, 15) is 13.9 Å². The molecule has 0 aliphatic rings. The molecule has 20 heavy (non-hydrogen) atoms. The molecule has 0 unspecified atom stereocenters. The van der Waals surface area contributed by atoms with E-state index < -0.39 is 11.6 Å². The summed E-state index contributed by atoms with van der Waals surface area (Å²) in [5, 5.41) is 12.9. The summed E-state index contributed by atoms with van der Waals surface area (Å²) in [5.74, 6) is -1.36. The number of ether oxygens (including phenoxy) is 1. The van der Waals surface area contributed by atoms with Crippen LogP contribution in [0.3, 0.4) is 0 Å². The monoisotopic (exact) mass is 279 g/mol. The van der Waals surface area contributed by atoms with Crippen LogP contribution < -0.4 is 10.1 Å². The highest BCUT2D eigenvalue weighted by atomic mass is 19.2. The molecule has 0 aliphatic heterocycles. The van der Waals surface area contributed by atoms with E-state index in [4.69, 9.17) is 4.74 Å². The first-order valence-corrected chi connectivity index (χ1v) is 6.24. The molecule has 0 heterocycles. The first-order valence-electron chi connectivity index (χ1n) is 6.24. The number of phenols is 1. The molecule has 2 N–H and O–H groups in total. The Hall–Kier alpha value is -2.30. The lowest BCUT2D eigenvalue weighted by molar-refractivity contribution is 0.317. The Morgan fingerprint density at radius 1 is 1.15 bits per heavy atom. The zero-order chi connectivity index (χ0) is 14.5. The summed E-state index contributed by atoms with van der Waals surface area (Å²) in [5.41, 5.74) is 1.05. The number of hydrogen-bond donors (Lipinski definition) is 2. The molecular formula is C15H15F2NO2. The summed E-state index contributed by atoms with van der Waals surface area (Å²) in [6.45, 7) is 2.55. The third-order valence-electron chi connectivity index (χ3n) is 2.78. The van der Waals surface area contributed by atoms with Gasteiger partial charge in [0.1, 0.15) is 0 Å². The highest BCUT2D eigenvalue weighted by molar-refractivity contribution is 5.49. The lowest BCUT2D eigenvalue weighted by Gasteiger charge is -2.11. The van der Waals surface area contributed by atoms with Crippen molar-refractivity contribution < 1.29 is 18.6 Å². The van der Waals surface area contributed by atoms with Gasteiger partial charge in [-0.2, -0.15) is 0 Å². The predicted molar refractivity (Wildman–Crippen MR) is 73.0 cm³/mol. The second-order valence-corrected chi connectivity index (χ2v) is 4.18. The molecule has 0 aliphatic carbocycles. The molecule has 0 fully saturated rings. The van der Waals surface area contributed by atoms with Gasteiger partial charge in [-0.3, -0.25) is 0 Å². The van der Waals surface area contributed by atoms with Gasteiger partial charge >= 0.3 is 0 Å². The first kappa shape index (κ1) is 14.1. The number of benzene rings is 2. The van der Waals surface area contributed by atoms with Crippen LogP contribution in [0.15, 0.2) is 36.4 Å². The number of hydrogen-bond acceptors (Lipinski definition) is 3. The van der Waals surface area contributed by atoms with Crippen LogP contribution >= 0.6 is 0 Å². The van der Waals surface area contributed by atoms with Crippen LogP contribution in [0.2, 0.25) is 0 Å². The topological polar surface area (TPSA) is 41.5 Å². The van der Waals surface area contributed by atoms with Crippen molar-refractivity contribution in [2.75, 3.05) is 11.9 Å². The number of rotatable bonds is 5. The molecule has 0 radical (unpaired) electrons. The molecule has 0 bridgehead atoms. The van der Waals surface area contributed by atoms with Gasteiger partial charge in [-0.15, -0.1) is 0 Å². The van der Waals surface area contributed by atoms with Gasteiger partial charge in [-0.05, 0) is 25.1 Å². The van der Waals surface area contributed by atoms with E-state index in [1.165, 1.54) is 6.07 Å². The Morgan fingerprint density at radius 2 is 1.95 bits per heavy atom. The van der Waals surface area contributed by atoms with Crippen LogP contribution in [-0.2, 0) is 6.54 Å². The number of aromatic hydroxyl groups is 1. The lowest BCUT2D eigenvalue weighted by Crippen LogP contribution is -2.02. The maximum Gasteiger partial charge on any atom is 0.162 e. The van der Waals surface area contributed by atoms with Crippen molar-refractivity contribution >= 4 is 5.69 Å². The van der Waals surface area contributed by atoms with Crippen molar-refractivity contribution in [3.63, 3.8) is 0 Å². The summed E-state index contributed by atoms with van der Waals surface area (Å²) < 4.78 is 31.1. The van der Waals surface area contributed by atoms with E-state index in [1.807, 2.05) is 6.92 Å². The van der Waals surface area contributed by atoms with E-state index in [0.29, 0.717) is 23.6 Å². The van der Waals surface area contributed by atoms with Crippen LogP contribution in [-0.4, -0.2) is 11.7 Å². The second kappa shape index (κ2) is 6.23. The van der Waals surface area contributed by atoms with Crippen molar-refractivity contribution in [3.05, 3.63) is 53.6 Å². The van der Waals surface area contributed by atoms with Gasteiger partial charge in [0.25, 0.3) is 0 Å². The van der Waals surface area contributed by atoms with E-state index in [1.54, 1.807) is 18.2 Å². The fourth-order valence-electron chi connectivity index (χ4n) is 1.79. The van der Waals surface area contributed by atoms with E-state index in [2.05, 4.69) is 5.32 Å². The molecule has 3 nitrogen and oxygen atoms in total. The zero-order valence-electron chi connectivity index (χ0n) is 11.0. The summed E-state index contributed by atoms with van der Waals surface area (Å²) in [7, 11) is 0. The van der Waals surface area contributed by atoms with E-state index >= 15 is 0 Å². The van der Waals surface area contributed by atoms with Gasteiger partial charge in [0.15, 0.2) is 23.1 Å². The molecule has 0 saturated carbocycles. The van der Waals surface area contributed by atoms with Crippen LogP contribution in [0, 0.1) is 11.6 Å². The minimum Gasteiger partial charge on any atom is -0.504 e. The van der Waals surface area contributed by atoms with Gasteiger partial charge in [-0.25, -0.2) is 8.78 Å². The molecule has 0 amide bonds. The van der Waals surface area contributed by atoms with Crippen LogP contribution in [0.4, 0.5) is 14.5 Å². The summed E-state index contributed by atoms with van der Waals surface area (Å²) >= 11 is 0. The standard InChI is InChI=1S/C15H15F2NO2/c1-2-20-14-5-3-4-10(15(14)19)9-18-11-6-7-12(16)13(17)8-11/h3-8,18-19H,2,9H2,1H3. The highest BCUT2D eigenvalue weighted by Crippen LogP contribution is 2.30. The number of anilines is 1. The molecular weight excluding hydrogens is 264 g/mol. The third kappa shape index (κ3) is 3.17. The Bertz CT molecular complexity index is 602. The van der Waals surface area contributed by atoms with Gasteiger partial charge in [-0.1, -0.05) is 12.1 Å². The van der Waals surface area contributed by atoms with Crippen LogP contribution in [0.1, 0.15) is 12.5 Å². The van der Waals surface area contributed by atoms with E-state index in [0.717, 1.165) is 12.1 Å². The summed E-state index contributed by atoms with van der Waals surface area (Å²) in [6.07, 6.45) is 0. The molecule has 5 heteroatoms. The SMILES string of the molecule is CCOc1cccc(CNc2ccc(F)c(F)c2)c1O. The first-order chi connectivity index (χ1) is 9.61. The maximum absolute atomic E-state index is 13.1. The molecule has 0 spiro atoms. The van der Waals surface area contributed by atoms with Gasteiger partial charge < -0.3 is 15.2 Å². The Balaban J connectivity index is 2.10. The molecule has 2 aromatic carbocycles. The fraction of sp³-hybridized carbons (Fsp3) is 0.200. The second-order valence-electron chi connectivity index (χ2n) is 4.18. The fourth-order valence-corrected chi connectivity index (χ4v) is 1.79.